The molecule has 26 heavy (non-hydrogen) atoms. The number of H-pyrrole nitrogens is 1. The van der Waals surface area contributed by atoms with Crippen molar-refractivity contribution in [3.8, 4) is 5.75 Å². The van der Waals surface area contributed by atoms with Crippen LogP contribution in [0.15, 0.2) is 48.5 Å². The Kier molecular flexibility index (Phi) is 5.07. The second-order valence-electron chi connectivity index (χ2n) is 6.01. The van der Waals surface area contributed by atoms with Crippen molar-refractivity contribution in [2.45, 2.75) is 26.9 Å². The van der Waals surface area contributed by atoms with Crippen LogP contribution in [0.4, 0.5) is 0 Å². The Morgan fingerprint density at radius 2 is 1.77 bits per heavy atom. The molecule has 0 saturated carbocycles. The molecule has 1 N–H and O–H groups in total. The van der Waals surface area contributed by atoms with Gasteiger partial charge in [0, 0.05) is 22.2 Å². The number of ether oxygens (including phenoxy) is 2. The predicted molar refractivity (Wildman–Crippen MR) is 99.9 cm³/mol. The van der Waals surface area contributed by atoms with Crippen LogP contribution in [0, 0.1) is 6.92 Å². The SMILES string of the molecule is CCOc1ccccc1C(=O)O[C@@H](C)C(=O)c1c(C)[nH]c2ccccc12. The molecule has 0 spiro atoms. The van der Waals surface area contributed by atoms with Gasteiger partial charge in [-0.25, -0.2) is 4.79 Å². The number of aromatic amines is 1. The van der Waals surface area contributed by atoms with Crippen LogP contribution >= 0.6 is 0 Å². The maximum atomic E-state index is 12.9. The molecule has 0 saturated heterocycles. The molecular formula is C21H21NO4. The number of carbonyl (C=O) groups is 2. The second-order valence-corrected chi connectivity index (χ2v) is 6.01. The fraction of sp³-hybridized carbons (Fsp3) is 0.238. The van der Waals surface area contributed by atoms with Crippen LogP contribution in [0.3, 0.4) is 0 Å². The Bertz CT molecular complexity index is 958. The van der Waals surface area contributed by atoms with Crippen molar-refractivity contribution in [1.82, 2.24) is 4.98 Å². The molecule has 0 amide bonds. The first kappa shape index (κ1) is 17.7. The van der Waals surface area contributed by atoms with E-state index in [9.17, 15) is 9.59 Å². The molecule has 5 nitrogen and oxygen atoms in total. The quantitative estimate of drug-likeness (QED) is 0.531. The molecular weight excluding hydrogens is 330 g/mol. The summed E-state index contributed by atoms with van der Waals surface area (Å²) in [6.07, 6.45) is -0.907. The van der Waals surface area contributed by atoms with E-state index in [4.69, 9.17) is 9.47 Å². The summed E-state index contributed by atoms with van der Waals surface area (Å²) in [6, 6.07) is 14.4. The van der Waals surface area contributed by atoms with Crippen LogP contribution in [0.1, 0.15) is 40.3 Å². The highest BCUT2D eigenvalue weighted by molar-refractivity contribution is 6.11. The summed E-state index contributed by atoms with van der Waals surface area (Å²) in [5.74, 6) is -0.363. The highest BCUT2D eigenvalue weighted by atomic mass is 16.5. The molecule has 0 aliphatic heterocycles. The van der Waals surface area contributed by atoms with Crippen LogP contribution < -0.4 is 4.74 Å². The fourth-order valence-corrected chi connectivity index (χ4v) is 2.99. The van der Waals surface area contributed by atoms with Gasteiger partial charge in [-0.05, 0) is 39.0 Å². The number of rotatable bonds is 6. The Hall–Kier alpha value is -3.08. The van der Waals surface area contributed by atoms with E-state index >= 15 is 0 Å². The molecule has 0 aliphatic rings. The molecule has 1 heterocycles. The van der Waals surface area contributed by atoms with Crippen molar-refractivity contribution in [1.29, 1.82) is 0 Å². The molecule has 3 aromatic rings. The number of carbonyl (C=O) groups excluding carboxylic acids is 2. The van der Waals surface area contributed by atoms with Gasteiger partial charge in [0.15, 0.2) is 6.10 Å². The number of aryl methyl sites for hydroxylation is 1. The van der Waals surface area contributed by atoms with E-state index in [1.54, 1.807) is 31.2 Å². The molecule has 0 unspecified atom stereocenters. The average Bonchev–Trinajstić information content (AvgIpc) is 2.97. The van der Waals surface area contributed by atoms with E-state index in [1.807, 2.05) is 38.1 Å². The average molecular weight is 351 g/mol. The van der Waals surface area contributed by atoms with Crippen molar-refractivity contribution < 1.29 is 19.1 Å². The van der Waals surface area contributed by atoms with Crippen molar-refractivity contribution in [2.24, 2.45) is 0 Å². The van der Waals surface area contributed by atoms with E-state index < -0.39 is 12.1 Å². The summed E-state index contributed by atoms with van der Waals surface area (Å²) < 4.78 is 10.9. The number of hydrogen-bond acceptors (Lipinski definition) is 4. The maximum Gasteiger partial charge on any atom is 0.342 e. The third kappa shape index (κ3) is 3.33. The number of benzene rings is 2. The number of aromatic nitrogens is 1. The van der Waals surface area contributed by atoms with Crippen molar-refractivity contribution >= 4 is 22.7 Å². The molecule has 0 aliphatic carbocycles. The maximum absolute atomic E-state index is 12.9. The number of nitrogens with one attached hydrogen (secondary N) is 1. The normalized spacial score (nSPS) is 12.0. The van der Waals surface area contributed by atoms with Crippen molar-refractivity contribution in [2.75, 3.05) is 6.61 Å². The number of hydrogen-bond donors (Lipinski definition) is 1. The minimum absolute atomic E-state index is 0.234. The monoisotopic (exact) mass is 351 g/mol. The van der Waals surface area contributed by atoms with Crippen LogP contribution in [0.2, 0.25) is 0 Å². The topological polar surface area (TPSA) is 68.4 Å². The molecule has 134 valence electrons. The third-order valence-corrected chi connectivity index (χ3v) is 4.20. The highest BCUT2D eigenvalue weighted by Gasteiger charge is 2.25. The molecule has 0 radical (unpaired) electrons. The summed E-state index contributed by atoms with van der Waals surface area (Å²) >= 11 is 0. The number of fused-ring (bicyclic) bond motifs is 1. The first-order valence-electron chi connectivity index (χ1n) is 8.57. The Balaban J connectivity index is 1.83. The minimum Gasteiger partial charge on any atom is -0.493 e. The number of para-hydroxylation sites is 2. The fourth-order valence-electron chi connectivity index (χ4n) is 2.99. The van der Waals surface area contributed by atoms with Crippen LogP contribution in [0.5, 0.6) is 5.75 Å². The lowest BCUT2D eigenvalue weighted by Gasteiger charge is -2.14. The predicted octanol–water partition coefficient (Wildman–Crippen LogP) is 4.30. The van der Waals surface area contributed by atoms with Gasteiger partial charge in [0.2, 0.25) is 5.78 Å². The van der Waals surface area contributed by atoms with Gasteiger partial charge in [0.1, 0.15) is 11.3 Å². The molecule has 0 fully saturated rings. The highest BCUT2D eigenvalue weighted by Crippen LogP contribution is 2.25. The second kappa shape index (κ2) is 7.44. The van der Waals surface area contributed by atoms with E-state index in [0.29, 0.717) is 23.5 Å². The molecule has 0 bridgehead atoms. The lowest BCUT2D eigenvalue weighted by atomic mass is 10.0. The van der Waals surface area contributed by atoms with Gasteiger partial charge in [-0.15, -0.1) is 0 Å². The van der Waals surface area contributed by atoms with E-state index in [1.165, 1.54) is 0 Å². The minimum atomic E-state index is -0.907. The van der Waals surface area contributed by atoms with E-state index in [-0.39, 0.29) is 5.78 Å². The summed E-state index contributed by atoms with van der Waals surface area (Å²) in [6.45, 7) is 5.71. The third-order valence-electron chi connectivity index (χ3n) is 4.20. The van der Waals surface area contributed by atoms with E-state index in [0.717, 1.165) is 16.6 Å². The van der Waals surface area contributed by atoms with Gasteiger partial charge in [0.05, 0.1) is 6.61 Å². The number of ketones is 1. The van der Waals surface area contributed by atoms with Gasteiger partial charge in [-0.1, -0.05) is 30.3 Å². The summed E-state index contributed by atoms with van der Waals surface area (Å²) in [4.78, 5) is 28.6. The standard InChI is InChI=1S/C21H21NO4/c1-4-25-18-12-8-6-10-16(18)21(24)26-14(3)20(23)19-13(2)22-17-11-7-5-9-15(17)19/h5-12,14,22H,4H2,1-3H3/t14-/m0/s1. The first-order valence-corrected chi connectivity index (χ1v) is 8.57. The van der Waals surface area contributed by atoms with E-state index in [2.05, 4.69) is 4.98 Å². The van der Waals surface area contributed by atoms with Gasteiger partial charge in [-0.2, -0.15) is 0 Å². The zero-order valence-corrected chi connectivity index (χ0v) is 15.0. The largest absolute Gasteiger partial charge is 0.493 e. The lowest BCUT2D eigenvalue weighted by Crippen LogP contribution is -2.25. The van der Waals surface area contributed by atoms with Crippen LogP contribution in [-0.4, -0.2) is 29.4 Å². The van der Waals surface area contributed by atoms with Gasteiger partial charge in [-0.3, -0.25) is 4.79 Å². The van der Waals surface area contributed by atoms with Gasteiger partial charge >= 0.3 is 5.97 Å². The first-order chi connectivity index (χ1) is 12.5. The summed E-state index contributed by atoms with van der Waals surface area (Å²) in [7, 11) is 0. The van der Waals surface area contributed by atoms with Gasteiger partial charge in [0.25, 0.3) is 0 Å². The Labute approximate surface area is 151 Å². The smallest absolute Gasteiger partial charge is 0.342 e. The number of esters is 1. The summed E-state index contributed by atoms with van der Waals surface area (Å²) in [5, 5.41) is 0.826. The molecule has 1 aromatic heterocycles. The van der Waals surface area contributed by atoms with Crippen molar-refractivity contribution in [3.63, 3.8) is 0 Å². The molecule has 1 atom stereocenters. The molecule has 5 heteroatoms. The zero-order valence-electron chi connectivity index (χ0n) is 15.0. The Morgan fingerprint density at radius 3 is 2.54 bits per heavy atom. The van der Waals surface area contributed by atoms with Crippen LogP contribution in [0.25, 0.3) is 10.9 Å². The zero-order chi connectivity index (χ0) is 18.7. The lowest BCUT2D eigenvalue weighted by molar-refractivity contribution is 0.0315. The Morgan fingerprint density at radius 1 is 1.08 bits per heavy atom. The van der Waals surface area contributed by atoms with Crippen molar-refractivity contribution in [3.05, 3.63) is 65.4 Å². The number of Topliss-reactive ketones (excluding diaryl/α,β-unsaturated/α-hetero) is 1. The molecule has 3 rings (SSSR count). The van der Waals surface area contributed by atoms with Crippen LogP contribution in [-0.2, 0) is 4.74 Å². The molecule has 2 aromatic carbocycles. The van der Waals surface area contributed by atoms with Gasteiger partial charge < -0.3 is 14.5 Å². The summed E-state index contributed by atoms with van der Waals surface area (Å²) in [5.41, 5.74) is 2.51.